The van der Waals surface area contributed by atoms with E-state index in [1.807, 2.05) is 29.2 Å². The van der Waals surface area contributed by atoms with Gasteiger partial charge in [-0.05, 0) is 37.1 Å². The molecule has 4 rings (SSSR count). The topological polar surface area (TPSA) is 63.5 Å². The Kier molecular flexibility index (Phi) is 4.52. The SMILES string of the molecule is COc1ccc(N2CCn3c(SCC(=O)N4CCCC4)nnc32)cc1. The number of hydrogen-bond donors (Lipinski definition) is 0. The molecule has 1 aromatic carbocycles. The molecule has 7 nitrogen and oxygen atoms in total. The zero-order valence-electron chi connectivity index (χ0n) is 14.2. The first-order valence-electron chi connectivity index (χ1n) is 8.51. The van der Waals surface area contributed by atoms with Crippen molar-refractivity contribution < 1.29 is 9.53 Å². The molecular weight excluding hydrogens is 338 g/mol. The van der Waals surface area contributed by atoms with Gasteiger partial charge < -0.3 is 14.5 Å². The number of likely N-dealkylation sites (tertiary alicyclic amines) is 1. The summed E-state index contributed by atoms with van der Waals surface area (Å²) < 4.78 is 7.30. The predicted octanol–water partition coefficient (Wildman–Crippen LogP) is 2.15. The highest BCUT2D eigenvalue weighted by Gasteiger charge is 2.27. The van der Waals surface area contributed by atoms with Crippen molar-refractivity contribution in [1.82, 2.24) is 19.7 Å². The molecule has 1 aromatic heterocycles. The van der Waals surface area contributed by atoms with Crippen molar-refractivity contribution in [1.29, 1.82) is 0 Å². The zero-order valence-corrected chi connectivity index (χ0v) is 15.0. The molecule has 132 valence electrons. The number of benzene rings is 1. The second-order valence-corrected chi connectivity index (χ2v) is 7.10. The van der Waals surface area contributed by atoms with Gasteiger partial charge in [-0.15, -0.1) is 10.2 Å². The molecule has 3 heterocycles. The van der Waals surface area contributed by atoms with Crippen LogP contribution >= 0.6 is 11.8 Å². The number of fused-ring (bicyclic) bond motifs is 1. The van der Waals surface area contributed by atoms with E-state index in [1.54, 1.807) is 7.11 Å². The summed E-state index contributed by atoms with van der Waals surface area (Å²) in [7, 11) is 1.66. The minimum Gasteiger partial charge on any atom is -0.497 e. The van der Waals surface area contributed by atoms with Gasteiger partial charge in [-0.1, -0.05) is 11.8 Å². The van der Waals surface area contributed by atoms with Crippen molar-refractivity contribution >= 4 is 29.3 Å². The fourth-order valence-corrected chi connectivity index (χ4v) is 4.14. The Bertz CT molecular complexity index is 755. The Morgan fingerprint density at radius 2 is 1.88 bits per heavy atom. The summed E-state index contributed by atoms with van der Waals surface area (Å²) in [6, 6.07) is 7.93. The van der Waals surface area contributed by atoms with E-state index < -0.39 is 0 Å². The molecule has 0 unspecified atom stereocenters. The number of rotatable bonds is 5. The smallest absolute Gasteiger partial charge is 0.233 e. The number of thioether (sulfide) groups is 1. The summed E-state index contributed by atoms with van der Waals surface area (Å²) in [4.78, 5) is 16.3. The monoisotopic (exact) mass is 359 g/mol. The van der Waals surface area contributed by atoms with Crippen LogP contribution in [0.15, 0.2) is 29.4 Å². The van der Waals surface area contributed by atoms with Gasteiger partial charge in [0.2, 0.25) is 11.9 Å². The number of carbonyl (C=O) groups is 1. The van der Waals surface area contributed by atoms with Crippen molar-refractivity contribution in [2.75, 3.05) is 37.4 Å². The summed E-state index contributed by atoms with van der Waals surface area (Å²) in [6.45, 7) is 3.46. The number of amides is 1. The van der Waals surface area contributed by atoms with E-state index in [1.165, 1.54) is 11.8 Å². The zero-order chi connectivity index (χ0) is 17.2. The normalized spacial score (nSPS) is 16.4. The van der Waals surface area contributed by atoms with E-state index >= 15 is 0 Å². The van der Waals surface area contributed by atoms with Gasteiger partial charge >= 0.3 is 0 Å². The second-order valence-electron chi connectivity index (χ2n) is 6.16. The third-order valence-corrected chi connectivity index (χ3v) is 5.61. The maximum atomic E-state index is 12.2. The molecule has 1 fully saturated rings. The number of nitrogens with zero attached hydrogens (tertiary/aromatic N) is 5. The largest absolute Gasteiger partial charge is 0.497 e. The van der Waals surface area contributed by atoms with Crippen LogP contribution in [0.5, 0.6) is 5.75 Å². The Balaban J connectivity index is 1.44. The Labute approximate surface area is 151 Å². The lowest BCUT2D eigenvalue weighted by molar-refractivity contribution is -0.127. The molecule has 8 heteroatoms. The lowest BCUT2D eigenvalue weighted by Crippen LogP contribution is -2.29. The van der Waals surface area contributed by atoms with E-state index in [-0.39, 0.29) is 5.91 Å². The molecule has 0 atom stereocenters. The van der Waals surface area contributed by atoms with Crippen LogP contribution in [0.2, 0.25) is 0 Å². The highest BCUT2D eigenvalue weighted by atomic mass is 32.2. The van der Waals surface area contributed by atoms with Crippen LogP contribution in [0.1, 0.15) is 12.8 Å². The van der Waals surface area contributed by atoms with Crippen LogP contribution in [0.3, 0.4) is 0 Å². The van der Waals surface area contributed by atoms with Gasteiger partial charge in [0.05, 0.1) is 12.9 Å². The molecule has 2 aliphatic heterocycles. The maximum Gasteiger partial charge on any atom is 0.233 e. The fraction of sp³-hybridized carbons (Fsp3) is 0.471. The predicted molar refractivity (Wildman–Crippen MR) is 96.6 cm³/mol. The van der Waals surface area contributed by atoms with Crippen LogP contribution in [-0.4, -0.2) is 58.1 Å². The molecule has 2 aromatic rings. The summed E-state index contributed by atoms with van der Waals surface area (Å²) >= 11 is 1.48. The standard InChI is InChI=1S/C17H21N5O2S/c1-24-14-6-4-13(5-7-14)21-10-11-22-16(21)18-19-17(22)25-12-15(23)20-8-2-3-9-20/h4-7H,2-3,8-12H2,1H3. The lowest BCUT2D eigenvalue weighted by Gasteiger charge is -2.15. The molecule has 2 aliphatic rings. The van der Waals surface area contributed by atoms with Crippen molar-refractivity contribution in [3.63, 3.8) is 0 Å². The summed E-state index contributed by atoms with van der Waals surface area (Å²) in [5, 5.41) is 9.44. The quantitative estimate of drug-likeness (QED) is 0.763. The first kappa shape index (κ1) is 16.3. The number of ether oxygens (including phenoxy) is 1. The maximum absolute atomic E-state index is 12.2. The molecule has 0 radical (unpaired) electrons. The minimum absolute atomic E-state index is 0.199. The van der Waals surface area contributed by atoms with Gasteiger partial charge in [0, 0.05) is 31.9 Å². The average Bonchev–Trinajstić information content (AvgIpc) is 3.37. The number of methoxy groups -OCH3 is 1. The number of hydrogen-bond acceptors (Lipinski definition) is 6. The van der Waals surface area contributed by atoms with E-state index in [9.17, 15) is 4.79 Å². The van der Waals surface area contributed by atoms with Gasteiger partial charge in [-0.2, -0.15) is 0 Å². The van der Waals surface area contributed by atoms with Gasteiger partial charge in [-0.3, -0.25) is 9.36 Å². The van der Waals surface area contributed by atoms with E-state index in [0.717, 1.165) is 61.6 Å². The number of anilines is 2. The first-order chi connectivity index (χ1) is 12.3. The van der Waals surface area contributed by atoms with Gasteiger partial charge in [0.25, 0.3) is 0 Å². The Morgan fingerprint density at radius 1 is 1.12 bits per heavy atom. The summed E-state index contributed by atoms with van der Waals surface area (Å²) in [5.74, 6) is 2.30. The average molecular weight is 359 g/mol. The van der Waals surface area contributed by atoms with Crippen molar-refractivity contribution in [2.24, 2.45) is 0 Å². The third kappa shape index (κ3) is 3.18. The van der Waals surface area contributed by atoms with Gasteiger partial charge in [0.15, 0.2) is 5.16 Å². The summed E-state index contributed by atoms with van der Waals surface area (Å²) in [6.07, 6.45) is 2.24. The van der Waals surface area contributed by atoms with Crippen LogP contribution in [-0.2, 0) is 11.3 Å². The van der Waals surface area contributed by atoms with E-state index in [2.05, 4.69) is 19.7 Å². The van der Waals surface area contributed by atoms with Gasteiger partial charge in [-0.25, -0.2) is 0 Å². The molecule has 0 spiro atoms. The van der Waals surface area contributed by atoms with E-state index in [4.69, 9.17) is 4.74 Å². The molecule has 0 bridgehead atoms. The minimum atomic E-state index is 0.199. The lowest BCUT2D eigenvalue weighted by atomic mass is 10.3. The molecule has 0 saturated carbocycles. The molecule has 25 heavy (non-hydrogen) atoms. The highest BCUT2D eigenvalue weighted by molar-refractivity contribution is 7.99. The van der Waals surface area contributed by atoms with Crippen molar-refractivity contribution in [2.45, 2.75) is 24.5 Å². The first-order valence-corrected chi connectivity index (χ1v) is 9.50. The van der Waals surface area contributed by atoms with Gasteiger partial charge in [0.1, 0.15) is 5.75 Å². The van der Waals surface area contributed by atoms with Crippen molar-refractivity contribution in [3.8, 4) is 5.75 Å². The molecular formula is C17H21N5O2S. The summed E-state index contributed by atoms with van der Waals surface area (Å²) in [5.41, 5.74) is 1.07. The van der Waals surface area contributed by atoms with E-state index in [0.29, 0.717) is 5.75 Å². The number of carbonyl (C=O) groups excluding carboxylic acids is 1. The Hall–Kier alpha value is -2.22. The third-order valence-electron chi connectivity index (χ3n) is 4.65. The highest BCUT2D eigenvalue weighted by Crippen LogP contribution is 2.32. The van der Waals surface area contributed by atoms with Crippen LogP contribution in [0.25, 0.3) is 0 Å². The number of aromatic nitrogens is 3. The van der Waals surface area contributed by atoms with Crippen LogP contribution in [0, 0.1) is 0 Å². The Morgan fingerprint density at radius 3 is 2.60 bits per heavy atom. The molecule has 0 aliphatic carbocycles. The second kappa shape index (κ2) is 6.95. The molecule has 0 N–H and O–H groups in total. The van der Waals surface area contributed by atoms with Crippen LogP contribution < -0.4 is 9.64 Å². The van der Waals surface area contributed by atoms with Crippen molar-refractivity contribution in [3.05, 3.63) is 24.3 Å². The fourth-order valence-electron chi connectivity index (χ4n) is 3.27. The molecule has 1 saturated heterocycles. The molecule has 1 amide bonds. The van der Waals surface area contributed by atoms with Crippen LogP contribution in [0.4, 0.5) is 11.6 Å².